The Kier molecular flexibility index (Phi) is 8.47. The lowest BCUT2D eigenvalue weighted by atomic mass is 9.87. The minimum Gasteiger partial charge on any atom is -0.311 e. The molecule has 0 saturated carbocycles. The summed E-state index contributed by atoms with van der Waals surface area (Å²) in [5.74, 6) is -0.169. The number of nitrogens with zero attached hydrogens (tertiary/aromatic N) is 2. The number of sulfonamides is 2. The number of carbonyl (C=O) groups excluding carboxylic acids is 2. The first kappa shape index (κ1) is 31.2. The van der Waals surface area contributed by atoms with E-state index in [0.29, 0.717) is 28.9 Å². The number of carbonyl (C=O) groups is 2. The van der Waals surface area contributed by atoms with Crippen molar-refractivity contribution in [3.05, 3.63) is 45.9 Å². The van der Waals surface area contributed by atoms with Crippen LogP contribution in [-0.2, 0) is 40.5 Å². The summed E-state index contributed by atoms with van der Waals surface area (Å²) in [6.07, 6.45) is 0. The molecule has 39 heavy (non-hydrogen) atoms. The average Bonchev–Trinajstić information content (AvgIpc) is 3.28. The third-order valence-electron chi connectivity index (χ3n) is 7.06. The van der Waals surface area contributed by atoms with Crippen molar-refractivity contribution in [2.24, 2.45) is 0 Å². The predicted octanol–water partition coefficient (Wildman–Crippen LogP) is 3.24. The van der Waals surface area contributed by atoms with E-state index in [2.05, 4.69) is 25.4 Å². The number of anilines is 2. The van der Waals surface area contributed by atoms with Crippen molar-refractivity contribution in [3.63, 3.8) is 0 Å². The Morgan fingerprint density at radius 2 is 1.23 bits per heavy atom. The van der Waals surface area contributed by atoms with Crippen LogP contribution >= 0.6 is 15.9 Å². The van der Waals surface area contributed by atoms with Gasteiger partial charge in [-0.3, -0.25) is 9.59 Å². The van der Waals surface area contributed by atoms with Gasteiger partial charge in [-0.05, 0) is 65.4 Å². The predicted molar refractivity (Wildman–Crippen MR) is 155 cm³/mol. The van der Waals surface area contributed by atoms with E-state index in [1.54, 1.807) is 40.1 Å². The second kappa shape index (κ2) is 10.6. The van der Waals surface area contributed by atoms with E-state index in [-0.39, 0.29) is 32.4 Å². The first-order valence-electron chi connectivity index (χ1n) is 12.2. The quantitative estimate of drug-likeness (QED) is 0.526. The maximum Gasteiger partial charge on any atom is 0.241 e. The molecule has 0 bridgehead atoms. The van der Waals surface area contributed by atoms with Crippen LogP contribution in [0.5, 0.6) is 0 Å². The van der Waals surface area contributed by atoms with Crippen LogP contribution in [0.4, 0.5) is 11.4 Å². The minimum absolute atomic E-state index is 0.0779. The number of benzene rings is 2. The van der Waals surface area contributed by atoms with Crippen LogP contribution in [0, 0.1) is 0 Å². The van der Waals surface area contributed by atoms with Gasteiger partial charge in [0, 0.05) is 53.6 Å². The molecule has 4 rings (SSSR count). The molecule has 10 nitrogen and oxygen atoms in total. The molecule has 0 radical (unpaired) electrons. The maximum absolute atomic E-state index is 12.0. The number of hydrogen-bond donors (Lipinski definition) is 2. The molecular weight excluding hydrogens is 608 g/mol. The van der Waals surface area contributed by atoms with E-state index in [9.17, 15) is 26.4 Å². The van der Waals surface area contributed by atoms with E-state index in [1.807, 2.05) is 27.7 Å². The minimum atomic E-state index is -3.57. The first-order valence-corrected chi connectivity index (χ1v) is 16.0. The Balaban J connectivity index is 0.000000216. The molecule has 214 valence electrons. The van der Waals surface area contributed by atoms with Crippen LogP contribution < -0.4 is 19.2 Å². The summed E-state index contributed by atoms with van der Waals surface area (Å²) in [5, 5.41) is 0. The lowest BCUT2D eigenvalue weighted by molar-refractivity contribution is -0.117. The van der Waals surface area contributed by atoms with E-state index < -0.39 is 20.0 Å². The van der Waals surface area contributed by atoms with Gasteiger partial charge in [0.1, 0.15) is 0 Å². The van der Waals surface area contributed by atoms with Gasteiger partial charge in [0.2, 0.25) is 31.9 Å². The van der Waals surface area contributed by atoms with Crippen LogP contribution in [0.2, 0.25) is 0 Å². The normalized spacial score (nSPS) is 17.3. The average molecular weight is 644 g/mol. The van der Waals surface area contributed by atoms with Gasteiger partial charge in [0.05, 0.1) is 9.79 Å². The van der Waals surface area contributed by atoms with Gasteiger partial charge >= 0.3 is 0 Å². The Labute approximate surface area is 239 Å². The van der Waals surface area contributed by atoms with Crippen LogP contribution in [0.25, 0.3) is 0 Å². The fraction of sp³-hybridized carbons (Fsp3) is 0.462. The Hall–Kier alpha value is -2.32. The van der Waals surface area contributed by atoms with Crippen molar-refractivity contribution in [2.75, 3.05) is 37.0 Å². The Morgan fingerprint density at radius 3 is 1.69 bits per heavy atom. The lowest BCUT2D eigenvalue weighted by Gasteiger charge is -2.19. The number of nitrogens with one attached hydrogen (secondary N) is 2. The number of rotatable bonds is 4. The summed E-state index contributed by atoms with van der Waals surface area (Å²) in [6, 6.07) is 8.29. The highest BCUT2D eigenvalue weighted by molar-refractivity contribution is 9.10. The van der Waals surface area contributed by atoms with Gasteiger partial charge in [0.25, 0.3) is 0 Å². The Morgan fingerprint density at radius 1 is 0.769 bits per heavy atom. The van der Waals surface area contributed by atoms with Crippen molar-refractivity contribution < 1.29 is 26.4 Å². The third-order valence-corrected chi connectivity index (χ3v) is 10.8. The van der Waals surface area contributed by atoms with Gasteiger partial charge in [-0.15, -0.1) is 0 Å². The highest BCUT2D eigenvalue weighted by Gasteiger charge is 2.39. The van der Waals surface area contributed by atoms with E-state index in [1.165, 1.54) is 27.9 Å². The molecule has 13 heteroatoms. The van der Waals surface area contributed by atoms with Crippen LogP contribution in [0.3, 0.4) is 0 Å². The summed E-state index contributed by atoms with van der Waals surface area (Å²) in [7, 11) is -4.33. The second-order valence-corrected chi connectivity index (χ2v) is 15.5. The molecule has 0 unspecified atom stereocenters. The monoisotopic (exact) mass is 642 g/mol. The zero-order valence-electron chi connectivity index (χ0n) is 23.3. The highest BCUT2D eigenvalue weighted by Crippen LogP contribution is 2.44. The van der Waals surface area contributed by atoms with E-state index in [0.717, 1.165) is 11.1 Å². The molecule has 2 aromatic carbocycles. The molecule has 2 heterocycles. The molecule has 2 aliphatic rings. The number of amides is 2. The van der Waals surface area contributed by atoms with Crippen molar-refractivity contribution >= 4 is 59.2 Å². The van der Waals surface area contributed by atoms with Crippen molar-refractivity contribution in [1.82, 2.24) is 9.44 Å². The summed E-state index contributed by atoms with van der Waals surface area (Å²) < 4.78 is 52.8. The van der Waals surface area contributed by atoms with Crippen LogP contribution in [0.1, 0.15) is 52.7 Å². The van der Waals surface area contributed by atoms with Gasteiger partial charge in [-0.25, -0.2) is 26.3 Å². The van der Waals surface area contributed by atoms with E-state index in [4.69, 9.17) is 0 Å². The third kappa shape index (κ3) is 5.92. The molecule has 0 aliphatic carbocycles. The SMILES string of the molecule is CNS(=O)(=O)c1cc2c(cc1Br)C(C)(C)CN2C(C)=O.CNS(=O)(=O)c1ccc2c(c1)N(C(C)=O)CC2(C)C. The largest absolute Gasteiger partial charge is 0.311 e. The molecule has 0 atom stereocenters. The van der Waals surface area contributed by atoms with Crippen molar-refractivity contribution in [3.8, 4) is 0 Å². The summed E-state index contributed by atoms with van der Waals surface area (Å²) in [6.45, 7) is 12.3. The zero-order chi connectivity index (χ0) is 29.7. The number of hydrogen-bond acceptors (Lipinski definition) is 6. The smallest absolute Gasteiger partial charge is 0.241 e. The molecule has 0 aromatic heterocycles. The van der Waals surface area contributed by atoms with E-state index >= 15 is 0 Å². The molecule has 0 saturated heterocycles. The second-order valence-electron chi connectivity index (χ2n) is 10.9. The summed E-state index contributed by atoms with van der Waals surface area (Å²) in [4.78, 5) is 27.0. The zero-order valence-corrected chi connectivity index (χ0v) is 26.6. The molecule has 2 aliphatic heterocycles. The Bertz CT molecular complexity index is 1550. The van der Waals surface area contributed by atoms with Gasteiger partial charge < -0.3 is 9.80 Å². The summed E-state index contributed by atoms with van der Waals surface area (Å²) >= 11 is 3.31. The molecule has 2 aromatic rings. The molecule has 0 fully saturated rings. The maximum atomic E-state index is 12.0. The van der Waals surface area contributed by atoms with Crippen LogP contribution in [-0.4, -0.2) is 55.8 Å². The molecular formula is C26H35BrN4O6S2. The topological polar surface area (TPSA) is 133 Å². The van der Waals surface area contributed by atoms with Crippen molar-refractivity contribution in [2.45, 2.75) is 62.2 Å². The first-order chi connectivity index (χ1) is 17.8. The summed E-state index contributed by atoms with van der Waals surface area (Å²) in [5.41, 5.74) is 2.95. The lowest BCUT2D eigenvalue weighted by Crippen LogP contribution is -2.32. The van der Waals surface area contributed by atoms with Crippen molar-refractivity contribution in [1.29, 1.82) is 0 Å². The molecule has 0 spiro atoms. The van der Waals surface area contributed by atoms with Crippen LogP contribution in [0.15, 0.2) is 44.6 Å². The fourth-order valence-electron chi connectivity index (χ4n) is 4.91. The number of fused-ring (bicyclic) bond motifs is 2. The standard InChI is InChI=1S/C13H17BrN2O3S.C13H18N2O3S/c1-8(17)16-7-13(2,3)9-5-10(14)12(6-11(9)16)20(18,19)15-4;1-9(16)15-8-13(2,3)11-6-5-10(7-12(11)15)19(17,18)14-4/h5-6,15H,7H2,1-4H3;5-7,14H,8H2,1-4H3. The fourth-order valence-corrected chi connectivity index (χ4v) is 7.44. The molecule has 2 N–H and O–H groups in total. The van der Waals surface area contributed by atoms with Gasteiger partial charge in [-0.2, -0.15) is 0 Å². The highest BCUT2D eigenvalue weighted by atomic mass is 79.9. The van der Waals surface area contributed by atoms with Gasteiger partial charge in [-0.1, -0.05) is 33.8 Å². The molecule has 2 amide bonds. The number of halogens is 1. The van der Waals surface area contributed by atoms with Gasteiger partial charge in [0.15, 0.2) is 0 Å².